The summed E-state index contributed by atoms with van der Waals surface area (Å²) in [6.45, 7) is 7.62. The molecule has 0 aromatic carbocycles. The summed E-state index contributed by atoms with van der Waals surface area (Å²) < 4.78 is 5.98. The van der Waals surface area contributed by atoms with Crippen molar-refractivity contribution in [1.29, 1.82) is 0 Å². The summed E-state index contributed by atoms with van der Waals surface area (Å²) in [4.78, 5) is 0. The zero-order valence-corrected chi connectivity index (χ0v) is 11.4. The van der Waals surface area contributed by atoms with E-state index in [9.17, 15) is 0 Å². The molecule has 15 heavy (non-hydrogen) atoms. The maximum absolute atomic E-state index is 5.98. The molecule has 0 amide bonds. The van der Waals surface area contributed by atoms with Crippen LogP contribution in [0.2, 0.25) is 0 Å². The van der Waals surface area contributed by atoms with Crippen molar-refractivity contribution in [3.63, 3.8) is 0 Å². The van der Waals surface area contributed by atoms with Crippen LogP contribution in [-0.4, -0.2) is 18.5 Å². The summed E-state index contributed by atoms with van der Waals surface area (Å²) in [5, 5.41) is 0. The molecule has 2 heteroatoms. The largest absolute Gasteiger partial charge is 0.378 e. The third-order valence-electron chi connectivity index (χ3n) is 3.48. The Hall–Kier alpha value is 0.310. The van der Waals surface area contributed by atoms with Crippen molar-refractivity contribution in [3.05, 3.63) is 0 Å². The van der Waals surface area contributed by atoms with E-state index >= 15 is 0 Å². The van der Waals surface area contributed by atoms with Gasteiger partial charge in [0.05, 0.1) is 12.7 Å². The summed E-state index contributed by atoms with van der Waals surface area (Å²) in [6, 6.07) is 0. The Bertz CT molecular complexity index is 173. The van der Waals surface area contributed by atoms with E-state index in [-0.39, 0.29) is 0 Å². The minimum absolute atomic E-state index is 0.397. The summed E-state index contributed by atoms with van der Waals surface area (Å²) in [6.07, 6.45) is 6.92. The SMILES string of the molecule is CC(C)CC(C)OCC1(CS)CCCC1. The smallest absolute Gasteiger partial charge is 0.0549 e. The first kappa shape index (κ1) is 13.4. The Morgan fingerprint density at radius 1 is 1.20 bits per heavy atom. The lowest BCUT2D eigenvalue weighted by molar-refractivity contribution is 0.000606. The molecule has 1 atom stereocenters. The molecular weight excluding hydrogens is 204 g/mol. The highest BCUT2D eigenvalue weighted by Gasteiger charge is 2.33. The first-order chi connectivity index (χ1) is 7.08. The Kier molecular flexibility index (Phi) is 5.48. The van der Waals surface area contributed by atoms with Crippen LogP contribution < -0.4 is 0 Å². The van der Waals surface area contributed by atoms with E-state index in [1.807, 2.05) is 0 Å². The lowest BCUT2D eigenvalue weighted by Gasteiger charge is -2.28. The molecule has 1 nitrogen and oxygen atoms in total. The van der Waals surface area contributed by atoms with Gasteiger partial charge in [0, 0.05) is 5.41 Å². The number of rotatable bonds is 6. The van der Waals surface area contributed by atoms with Crippen molar-refractivity contribution in [2.24, 2.45) is 11.3 Å². The van der Waals surface area contributed by atoms with E-state index in [1.165, 1.54) is 32.1 Å². The zero-order chi connectivity index (χ0) is 11.3. The molecule has 0 N–H and O–H groups in total. The second kappa shape index (κ2) is 6.15. The van der Waals surface area contributed by atoms with Gasteiger partial charge in [-0.1, -0.05) is 26.7 Å². The quantitative estimate of drug-likeness (QED) is 0.680. The molecule has 0 spiro atoms. The molecule has 1 rings (SSSR count). The van der Waals surface area contributed by atoms with Crippen molar-refractivity contribution < 1.29 is 4.74 Å². The van der Waals surface area contributed by atoms with Crippen molar-refractivity contribution in [3.8, 4) is 0 Å². The number of thiol groups is 1. The van der Waals surface area contributed by atoms with Crippen LogP contribution >= 0.6 is 12.6 Å². The molecule has 0 radical (unpaired) electrons. The van der Waals surface area contributed by atoms with Crippen LogP contribution in [0.15, 0.2) is 0 Å². The second-order valence-electron chi connectivity index (χ2n) is 5.62. The first-order valence-corrected chi connectivity index (χ1v) is 6.94. The van der Waals surface area contributed by atoms with Crippen molar-refractivity contribution in [1.82, 2.24) is 0 Å². The minimum atomic E-state index is 0.397. The van der Waals surface area contributed by atoms with Gasteiger partial charge in [-0.15, -0.1) is 0 Å². The molecular formula is C13H26OS. The highest BCUT2D eigenvalue weighted by molar-refractivity contribution is 7.80. The summed E-state index contributed by atoms with van der Waals surface area (Å²) >= 11 is 4.49. The van der Waals surface area contributed by atoms with Crippen molar-refractivity contribution >= 4 is 12.6 Å². The highest BCUT2D eigenvalue weighted by Crippen LogP contribution is 2.39. The van der Waals surface area contributed by atoms with Crippen molar-refractivity contribution in [2.45, 2.75) is 59.0 Å². The van der Waals surface area contributed by atoms with E-state index < -0.39 is 0 Å². The van der Waals surface area contributed by atoms with Gasteiger partial charge in [-0.25, -0.2) is 0 Å². The van der Waals surface area contributed by atoms with Gasteiger partial charge in [-0.3, -0.25) is 0 Å². The van der Waals surface area contributed by atoms with Crippen LogP contribution in [0.4, 0.5) is 0 Å². The van der Waals surface area contributed by atoms with Gasteiger partial charge in [-0.2, -0.15) is 12.6 Å². The molecule has 1 fully saturated rings. The standard InChI is InChI=1S/C13H26OS/c1-11(2)8-12(3)14-9-13(10-15)6-4-5-7-13/h11-12,15H,4-10H2,1-3H3. The average Bonchev–Trinajstić information content (AvgIpc) is 2.63. The molecule has 0 aliphatic heterocycles. The van der Waals surface area contributed by atoms with Crippen LogP contribution in [-0.2, 0) is 4.74 Å². The number of hydrogen-bond donors (Lipinski definition) is 1. The molecule has 0 bridgehead atoms. The third-order valence-corrected chi connectivity index (χ3v) is 4.15. The van der Waals surface area contributed by atoms with E-state index in [0.717, 1.165) is 18.3 Å². The first-order valence-electron chi connectivity index (χ1n) is 6.30. The van der Waals surface area contributed by atoms with E-state index in [0.29, 0.717) is 11.5 Å². The fourth-order valence-corrected chi connectivity index (χ4v) is 2.93. The summed E-state index contributed by atoms with van der Waals surface area (Å²) in [7, 11) is 0. The predicted octanol–water partition coefficient (Wildman–Crippen LogP) is 3.93. The number of ether oxygens (including phenoxy) is 1. The molecule has 0 aromatic rings. The minimum Gasteiger partial charge on any atom is -0.378 e. The van der Waals surface area contributed by atoms with Gasteiger partial charge >= 0.3 is 0 Å². The predicted molar refractivity (Wildman–Crippen MR) is 69.6 cm³/mol. The lowest BCUT2D eigenvalue weighted by Crippen LogP contribution is -2.28. The molecule has 0 aromatic heterocycles. The molecule has 1 aliphatic carbocycles. The Labute approximate surface area is 100 Å². The Balaban J connectivity index is 2.28. The lowest BCUT2D eigenvalue weighted by atomic mass is 9.89. The maximum atomic E-state index is 5.98. The third kappa shape index (κ3) is 4.36. The molecule has 1 unspecified atom stereocenters. The van der Waals surface area contributed by atoms with Crippen molar-refractivity contribution in [2.75, 3.05) is 12.4 Å². The Morgan fingerprint density at radius 2 is 1.80 bits per heavy atom. The summed E-state index contributed by atoms with van der Waals surface area (Å²) in [5.74, 6) is 1.72. The normalized spacial score (nSPS) is 22.2. The molecule has 0 heterocycles. The van der Waals surface area contributed by atoms with Gasteiger partial charge in [0.2, 0.25) is 0 Å². The van der Waals surface area contributed by atoms with Gasteiger partial charge in [-0.05, 0) is 37.9 Å². The van der Waals surface area contributed by atoms with Gasteiger partial charge < -0.3 is 4.74 Å². The van der Waals surface area contributed by atoms with E-state index in [2.05, 4.69) is 33.4 Å². The van der Waals surface area contributed by atoms with Gasteiger partial charge in [0.15, 0.2) is 0 Å². The molecule has 0 saturated heterocycles. The highest BCUT2D eigenvalue weighted by atomic mass is 32.1. The van der Waals surface area contributed by atoms with E-state index in [4.69, 9.17) is 4.74 Å². The van der Waals surface area contributed by atoms with Crippen LogP contribution in [0, 0.1) is 11.3 Å². The topological polar surface area (TPSA) is 9.23 Å². The van der Waals surface area contributed by atoms with Crippen LogP contribution in [0.5, 0.6) is 0 Å². The fourth-order valence-electron chi connectivity index (χ4n) is 2.52. The van der Waals surface area contributed by atoms with Gasteiger partial charge in [0.25, 0.3) is 0 Å². The van der Waals surface area contributed by atoms with Crippen LogP contribution in [0.3, 0.4) is 0 Å². The zero-order valence-electron chi connectivity index (χ0n) is 10.5. The monoisotopic (exact) mass is 230 g/mol. The molecule has 90 valence electrons. The fraction of sp³-hybridized carbons (Fsp3) is 1.00. The van der Waals surface area contributed by atoms with Crippen LogP contribution in [0.1, 0.15) is 52.9 Å². The van der Waals surface area contributed by atoms with Crippen LogP contribution in [0.25, 0.3) is 0 Å². The molecule has 1 aliphatic rings. The van der Waals surface area contributed by atoms with Gasteiger partial charge in [0.1, 0.15) is 0 Å². The Morgan fingerprint density at radius 3 is 2.27 bits per heavy atom. The maximum Gasteiger partial charge on any atom is 0.0549 e. The second-order valence-corrected chi connectivity index (χ2v) is 5.93. The number of hydrogen-bond acceptors (Lipinski definition) is 2. The average molecular weight is 230 g/mol. The van der Waals surface area contributed by atoms with E-state index in [1.54, 1.807) is 0 Å². The molecule has 1 saturated carbocycles. The summed E-state index contributed by atoms with van der Waals surface area (Å²) in [5.41, 5.74) is 0.397.